The van der Waals surface area contributed by atoms with Crippen molar-refractivity contribution in [1.82, 2.24) is 0 Å². The highest BCUT2D eigenvalue weighted by molar-refractivity contribution is 9.10. The Morgan fingerprint density at radius 3 is 2.58 bits per heavy atom. The van der Waals surface area contributed by atoms with Gasteiger partial charge in [0.25, 0.3) is 0 Å². The minimum absolute atomic E-state index is 0.101. The highest BCUT2D eigenvalue weighted by Crippen LogP contribution is 2.19. The molecule has 0 aliphatic carbocycles. The molecule has 0 aliphatic rings. The largest absolute Gasteiger partial charge is 0.294 e. The Hall–Kier alpha value is -0.630. The molecule has 0 N–H and O–H groups in total. The van der Waals surface area contributed by atoms with Gasteiger partial charge in [-0.25, -0.2) is 0 Å². The molecule has 0 saturated heterocycles. The highest BCUT2D eigenvalue weighted by Gasteiger charge is 2.04. The van der Waals surface area contributed by atoms with Crippen molar-refractivity contribution in [2.45, 2.75) is 20.3 Å². The standard InChI is InChI=1S/C10H11BrO/c1-3-8-4-5-9(7(2)12)10(11)6-8/h4-6H,3H2,1-2H3. The van der Waals surface area contributed by atoms with Crippen molar-refractivity contribution < 1.29 is 4.79 Å². The molecule has 1 aromatic rings. The van der Waals surface area contributed by atoms with Crippen LogP contribution in [0.4, 0.5) is 0 Å². The maximum atomic E-state index is 11.0. The summed E-state index contributed by atoms with van der Waals surface area (Å²) in [6.07, 6.45) is 0.997. The van der Waals surface area contributed by atoms with E-state index < -0.39 is 0 Å². The van der Waals surface area contributed by atoms with Gasteiger partial charge in [0.1, 0.15) is 0 Å². The van der Waals surface area contributed by atoms with E-state index in [4.69, 9.17) is 0 Å². The number of Topliss-reactive ketones (excluding diaryl/α,β-unsaturated/α-hetero) is 1. The summed E-state index contributed by atoms with van der Waals surface area (Å²) in [7, 11) is 0. The number of carbonyl (C=O) groups excluding carboxylic acids is 1. The Bertz CT molecular complexity index is 305. The predicted octanol–water partition coefficient (Wildman–Crippen LogP) is 3.21. The average molecular weight is 227 g/mol. The number of carbonyl (C=O) groups is 1. The van der Waals surface area contributed by atoms with Crippen LogP contribution in [0.15, 0.2) is 22.7 Å². The first-order chi connectivity index (χ1) is 5.65. The summed E-state index contributed by atoms with van der Waals surface area (Å²) < 4.78 is 0.898. The Morgan fingerprint density at radius 2 is 2.17 bits per heavy atom. The fraction of sp³-hybridized carbons (Fsp3) is 0.300. The second-order valence-corrected chi connectivity index (χ2v) is 3.58. The van der Waals surface area contributed by atoms with Crippen LogP contribution in [0, 0.1) is 0 Å². The number of halogens is 1. The van der Waals surface area contributed by atoms with Gasteiger partial charge < -0.3 is 0 Å². The lowest BCUT2D eigenvalue weighted by atomic mass is 10.1. The van der Waals surface area contributed by atoms with Crippen molar-refractivity contribution >= 4 is 21.7 Å². The first kappa shape index (κ1) is 9.46. The van der Waals surface area contributed by atoms with E-state index in [1.165, 1.54) is 5.56 Å². The van der Waals surface area contributed by atoms with Crippen LogP contribution in [0.3, 0.4) is 0 Å². The fourth-order valence-electron chi connectivity index (χ4n) is 1.06. The molecule has 0 spiro atoms. The van der Waals surface area contributed by atoms with Gasteiger partial charge in [-0.05, 0) is 25.0 Å². The monoisotopic (exact) mass is 226 g/mol. The number of hydrogen-bond donors (Lipinski definition) is 0. The van der Waals surface area contributed by atoms with E-state index >= 15 is 0 Å². The van der Waals surface area contributed by atoms with Gasteiger partial charge in [0.05, 0.1) is 0 Å². The summed E-state index contributed by atoms with van der Waals surface area (Å²) in [5.41, 5.74) is 2.00. The maximum absolute atomic E-state index is 11.0. The predicted molar refractivity (Wildman–Crippen MR) is 53.5 cm³/mol. The lowest BCUT2D eigenvalue weighted by Crippen LogP contribution is -1.94. The van der Waals surface area contributed by atoms with Gasteiger partial charge in [-0.3, -0.25) is 4.79 Å². The summed E-state index contributed by atoms with van der Waals surface area (Å²) in [5.74, 6) is 0.101. The molecule has 0 heterocycles. The first-order valence-corrected chi connectivity index (χ1v) is 4.73. The molecule has 1 nitrogen and oxygen atoms in total. The third-order valence-electron chi connectivity index (χ3n) is 1.82. The third-order valence-corrected chi connectivity index (χ3v) is 2.48. The molecule has 0 bridgehead atoms. The van der Waals surface area contributed by atoms with E-state index in [0.717, 1.165) is 16.5 Å². The summed E-state index contributed by atoms with van der Waals surface area (Å²) in [6.45, 7) is 3.67. The number of benzene rings is 1. The molecule has 1 aromatic carbocycles. The van der Waals surface area contributed by atoms with Crippen LogP contribution >= 0.6 is 15.9 Å². The van der Waals surface area contributed by atoms with Crippen molar-refractivity contribution in [2.24, 2.45) is 0 Å². The van der Waals surface area contributed by atoms with Crippen molar-refractivity contribution in [2.75, 3.05) is 0 Å². The van der Waals surface area contributed by atoms with Gasteiger partial charge in [0.15, 0.2) is 5.78 Å². The number of hydrogen-bond acceptors (Lipinski definition) is 1. The molecule has 0 saturated carbocycles. The van der Waals surface area contributed by atoms with Gasteiger partial charge in [-0.1, -0.05) is 35.0 Å². The van der Waals surface area contributed by atoms with Gasteiger partial charge in [-0.15, -0.1) is 0 Å². The first-order valence-electron chi connectivity index (χ1n) is 3.94. The highest BCUT2D eigenvalue weighted by atomic mass is 79.9. The van der Waals surface area contributed by atoms with Crippen LogP contribution in [0.1, 0.15) is 29.8 Å². The molecule has 0 unspecified atom stereocenters. The SMILES string of the molecule is CCc1ccc(C(C)=O)c(Br)c1. The summed E-state index contributed by atoms with van der Waals surface area (Å²) in [5, 5.41) is 0. The quantitative estimate of drug-likeness (QED) is 0.709. The summed E-state index contributed by atoms with van der Waals surface area (Å²) >= 11 is 3.37. The molecule has 64 valence electrons. The lowest BCUT2D eigenvalue weighted by molar-refractivity contribution is 0.101. The van der Waals surface area contributed by atoms with E-state index in [0.29, 0.717) is 0 Å². The zero-order valence-corrected chi connectivity index (χ0v) is 8.81. The number of ketones is 1. The Labute approximate surface area is 80.9 Å². The van der Waals surface area contributed by atoms with Gasteiger partial charge in [-0.2, -0.15) is 0 Å². The smallest absolute Gasteiger partial charge is 0.160 e. The van der Waals surface area contributed by atoms with Crippen molar-refractivity contribution in [3.05, 3.63) is 33.8 Å². The van der Waals surface area contributed by atoms with Crippen LogP contribution in [-0.2, 0) is 6.42 Å². The van der Waals surface area contributed by atoms with Gasteiger partial charge >= 0.3 is 0 Å². The van der Waals surface area contributed by atoms with Crippen LogP contribution in [0.25, 0.3) is 0 Å². The molecular weight excluding hydrogens is 216 g/mol. The minimum atomic E-state index is 0.101. The van der Waals surface area contributed by atoms with Crippen molar-refractivity contribution in [3.63, 3.8) is 0 Å². The van der Waals surface area contributed by atoms with Gasteiger partial charge in [0, 0.05) is 10.0 Å². The van der Waals surface area contributed by atoms with Crippen LogP contribution in [0.2, 0.25) is 0 Å². The molecule has 0 fully saturated rings. The van der Waals surface area contributed by atoms with E-state index in [9.17, 15) is 4.79 Å². The molecule has 0 amide bonds. The van der Waals surface area contributed by atoms with E-state index in [1.807, 2.05) is 18.2 Å². The van der Waals surface area contributed by atoms with Gasteiger partial charge in [0.2, 0.25) is 0 Å². The molecule has 12 heavy (non-hydrogen) atoms. The second-order valence-electron chi connectivity index (χ2n) is 2.72. The van der Waals surface area contributed by atoms with Crippen LogP contribution in [-0.4, -0.2) is 5.78 Å². The van der Waals surface area contributed by atoms with Crippen LogP contribution in [0.5, 0.6) is 0 Å². The third kappa shape index (κ3) is 1.95. The minimum Gasteiger partial charge on any atom is -0.294 e. The lowest BCUT2D eigenvalue weighted by Gasteiger charge is -2.01. The second kappa shape index (κ2) is 3.85. The zero-order valence-electron chi connectivity index (χ0n) is 7.23. The fourth-order valence-corrected chi connectivity index (χ4v) is 1.77. The molecule has 0 aromatic heterocycles. The van der Waals surface area contributed by atoms with E-state index in [2.05, 4.69) is 22.9 Å². The molecule has 1 rings (SSSR count). The van der Waals surface area contributed by atoms with E-state index in [-0.39, 0.29) is 5.78 Å². The Kier molecular flexibility index (Phi) is 3.04. The summed E-state index contributed by atoms with van der Waals surface area (Å²) in [4.78, 5) is 11.0. The topological polar surface area (TPSA) is 17.1 Å². The molecule has 2 heteroatoms. The maximum Gasteiger partial charge on any atom is 0.160 e. The molecule has 0 atom stereocenters. The average Bonchev–Trinajstić information content (AvgIpc) is 2.03. The number of aryl methyl sites for hydroxylation is 1. The molecule has 0 aliphatic heterocycles. The normalized spacial score (nSPS) is 9.92. The Morgan fingerprint density at radius 1 is 1.50 bits per heavy atom. The number of rotatable bonds is 2. The van der Waals surface area contributed by atoms with E-state index in [1.54, 1.807) is 6.92 Å². The summed E-state index contributed by atoms with van der Waals surface area (Å²) in [6, 6.07) is 5.85. The van der Waals surface area contributed by atoms with Crippen molar-refractivity contribution in [3.8, 4) is 0 Å². The molecule has 0 radical (unpaired) electrons. The molecular formula is C10H11BrO. The van der Waals surface area contributed by atoms with Crippen molar-refractivity contribution in [1.29, 1.82) is 0 Å². The zero-order chi connectivity index (χ0) is 9.14. The van der Waals surface area contributed by atoms with Crippen LogP contribution < -0.4 is 0 Å². The Balaban J connectivity index is 3.12.